The van der Waals surface area contributed by atoms with E-state index in [-0.39, 0.29) is 11.7 Å². The molecule has 0 bridgehead atoms. The van der Waals surface area contributed by atoms with E-state index in [1.165, 1.54) is 12.1 Å². The molecule has 166 valence electrons. The van der Waals surface area contributed by atoms with Gasteiger partial charge in [0, 0.05) is 30.4 Å². The van der Waals surface area contributed by atoms with Gasteiger partial charge in [-0.25, -0.2) is 4.39 Å². The number of rotatable bonds is 8. The lowest BCUT2D eigenvalue weighted by Gasteiger charge is -2.15. The molecule has 0 unspecified atom stereocenters. The number of nitrogens with one attached hydrogen (secondary N) is 2. The number of hydrogen-bond acceptors (Lipinski definition) is 3. The fourth-order valence-electron chi connectivity index (χ4n) is 3.69. The highest BCUT2D eigenvalue weighted by atomic mass is 19.1. The monoisotopic (exact) mass is 439 g/mol. The van der Waals surface area contributed by atoms with Crippen molar-refractivity contribution in [2.75, 3.05) is 17.2 Å². The Bertz CT molecular complexity index is 1220. The zero-order chi connectivity index (χ0) is 23.0. The van der Waals surface area contributed by atoms with Gasteiger partial charge < -0.3 is 10.6 Å². The first-order valence-electron chi connectivity index (χ1n) is 11.1. The van der Waals surface area contributed by atoms with Gasteiger partial charge in [-0.1, -0.05) is 49.4 Å². The van der Waals surface area contributed by atoms with E-state index in [2.05, 4.69) is 22.5 Å². The smallest absolute Gasteiger partial charge is 0.256 e. The molecule has 3 aromatic carbocycles. The lowest BCUT2D eigenvalue weighted by Crippen LogP contribution is -2.16. The summed E-state index contributed by atoms with van der Waals surface area (Å²) in [5.41, 5.74) is 5.74. The Morgan fingerprint density at radius 3 is 2.39 bits per heavy atom. The molecular weight excluding hydrogens is 413 g/mol. The van der Waals surface area contributed by atoms with Crippen LogP contribution >= 0.6 is 0 Å². The predicted molar refractivity (Wildman–Crippen MR) is 132 cm³/mol. The summed E-state index contributed by atoms with van der Waals surface area (Å²) >= 11 is 0. The quantitative estimate of drug-likeness (QED) is 0.336. The van der Waals surface area contributed by atoms with Gasteiger partial charge in [-0.05, 0) is 65.6 Å². The van der Waals surface area contributed by atoms with Crippen LogP contribution in [-0.4, -0.2) is 17.4 Å². The van der Waals surface area contributed by atoms with E-state index < -0.39 is 0 Å². The van der Waals surface area contributed by atoms with Crippen LogP contribution < -0.4 is 10.6 Å². The summed E-state index contributed by atoms with van der Waals surface area (Å²) in [7, 11) is 0. The molecule has 0 aliphatic rings. The first-order chi connectivity index (χ1) is 16.1. The second-order valence-corrected chi connectivity index (χ2v) is 7.74. The summed E-state index contributed by atoms with van der Waals surface area (Å²) < 4.78 is 13.4. The third-order valence-corrected chi connectivity index (χ3v) is 5.49. The molecule has 4 rings (SSSR count). The standard InChI is InChI=1S/C28H26FN3O/c1-2-20-10-15-24(21-11-13-22(29)14-12-21)25(19-20)28(33)32-27-9-4-3-8-26(27)31-18-16-23-7-5-6-17-30-23/h3-15,17,19,31H,2,16,18H2,1H3,(H,32,33). The third-order valence-electron chi connectivity index (χ3n) is 5.49. The normalized spacial score (nSPS) is 10.6. The Morgan fingerprint density at radius 2 is 1.67 bits per heavy atom. The molecule has 1 aromatic heterocycles. The van der Waals surface area contributed by atoms with Crippen molar-refractivity contribution in [2.45, 2.75) is 19.8 Å². The second-order valence-electron chi connectivity index (χ2n) is 7.74. The molecule has 0 saturated carbocycles. The summed E-state index contributed by atoms with van der Waals surface area (Å²) in [6, 6.07) is 25.5. The van der Waals surface area contributed by atoms with Gasteiger partial charge in [-0.15, -0.1) is 0 Å². The van der Waals surface area contributed by atoms with Crippen molar-refractivity contribution in [3.8, 4) is 11.1 Å². The van der Waals surface area contributed by atoms with Crippen molar-refractivity contribution in [2.24, 2.45) is 0 Å². The Morgan fingerprint density at radius 1 is 0.909 bits per heavy atom. The van der Waals surface area contributed by atoms with Crippen LogP contribution in [0.5, 0.6) is 0 Å². The average Bonchev–Trinajstić information content (AvgIpc) is 2.86. The van der Waals surface area contributed by atoms with Crippen molar-refractivity contribution in [1.29, 1.82) is 0 Å². The highest BCUT2D eigenvalue weighted by Crippen LogP contribution is 2.28. The first kappa shape index (κ1) is 22.2. The predicted octanol–water partition coefficient (Wildman–Crippen LogP) is 6.36. The topological polar surface area (TPSA) is 54.0 Å². The molecule has 0 radical (unpaired) electrons. The minimum atomic E-state index is -0.305. The number of anilines is 2. The zero-order valence-corrected chi connectivity index (χ0v) is 18.5. The first-order valence-corrected chi connectivity index (χ1v) is 11.1. The van der Waals surface area contributed by atoms with Gasteiger partial charge in [-0.2, -0.15) is 0 Å². The van der Waals surface area contributed by atoms with Gasteiger partial charge in [0.25, 0.3) is 5.91 Å². The Labute approximate surface area is 193 Å². The van der Waals surface area contributed by atoms with E-state index in [0.717, 1.165) is 40.9 Å². The molecule has 2 N–H and O–H groups in total. The van der Waals surface area contributed by atoms with E-state index in [0.29, 0.717) is 17.8 Å². The SMILES string of the molecule is CCc1ccc(-c2ccc(F)cc2)c(C(=O)Nc2ccccc2NCCc2ccccn2)c1. The van der Waals surface area contributed by atoms with Gasteiger partial charge in [0.05, 0.1) is 11.4 Å². The summed E-state index contributed by atoms with van der Waals surface area (Å²) in [6.45, 7) is 2.74. The molecule has 0 aliphatic carbocycles. The number of benzene rings is 3. The maximum Gasteiger partial charge on any atom is 0.256 e. The second kappa shape index (κ2) is 10.6. The van der Waals surface area contributed by atoms with Gasteiger partial charge in [0.1, 0.15) is 5.82 Å². The van der Waals surface area contributed by atoms with Gasteiger partial charge in [0.2, 0.25) is 0 Å². The molecule has 1 amide bonds. The van der Waals surface area contributed by atoms with Crippen molar-refractivity contribution in [3.05, 3.63) is 114 Å². The average molecular weight is 440 g/mol. The number of halogens is 1. The van der Waals surface area contributed by atoms with Crippen LogP contribution in [0.15, 0.2) is 91.1 Å². The minimum Gasteiger partial charge on any atom is -0.383 e. The summed E-state index contributed by atoms with van der Waals surface area (Å²) in [5, 5.41) is 6.45. The van der Waals surface area contributed by atoms with Crippen molar-refractivity contribution >= 4 is 17.3 Å². The van der Waals surface area contributed by atoms with Crippen LogP contribution in [0, 0.1) is 5.82 Å². The van der Waals surface area contributed by atoms with Crippen LogP contribution in [0.2, 0.25) is 0 Å². The fourth-order valence-corrected chi connectivity index (χ4v) is 3.69. The van der Waals surface area contributed by atoms with Crippen molar-refractivity contribution in [3.63, 3.8) is 0 Å². The molecule has 1 heterocycles. The van der Waals surface area contributed by atoms with Crippen LogP contribution in [0.1, 0.15) is 28.5 Å². The van der Waals surface area contributed by atoms with Crippen LogP contribution in [0.4, 0.5) is 15.8 Å². The molecule has 0 atom stereocenters. The Kier molecular flexibility index (Phi) is 7.10. The molecule has 0 saturated heterocycles. The van der Waals surface area contributed by atoms with Gasteiger partial charge >= 0.3 is 0 Å². The molecular formula is C28H26FN3O. The van der Waals surface area contributed by atoms with Crippen LogP contribution in [0.25, 0.3) is 11.1 Å². The zero-order valence-electron chi connectivity index (χ0n) is 18.5. The van der Waals surface area contributed by atoms with Gasteiger partial charge in [0.15, 0.2) is 0 Å². The fraction of sp³-hybridized carbons (Fsp3) is 0.143. The highest BCUT2D eigenvalue weighted by Gasteiger charge is 2.15. The Hall–Kier alpha value is -3.99. The number of carbonyl (C=O) groups excluding carboxylic acids is 1. The number of pyridine rings is 1. The number of nitrogens with zero attached hydrogens (tertiary/aromatic N) is 1. The number of aromatic nitrogens is 1. The molecule has 4 nitrogen and oxygen atoms in total. The van der Waals surface area contributed by atoms with E-state index in [1.54, 1.807) is 18.3 Å². The third kappa shape index (κ3) is 5.63. The number of carbonyl (C=O) groups is 1. The number of amides is 1. The number of hydrogen-bond donors (Lipinski definition) is 2. The molecule has 33 heavy (non-hydrogen) atoms. The molecule has 0 aliphatic heterocycles. The lowest BCUT2D eigenvalue weighted by atomic mass is 9.96. The molecule has 0 spiro atoms. The van der Waals surface area contributed by atoms with Crippen LogP contribution in [-0.2, 0) is 12.8 Å². The maximum atomic E-state index is 13.4. The van der Waals surface area contributed by atoms with Gasteiger partial charge in [-0.3, -0.25) is 9.78 Å². The summed E-state index contributed by atoms with van der Waals surface area (Å²) in [4.78, 5) is 17.7. The van der Waals surface area contributed by atoms with Crippen molar-refractivity contribution < 1.29 is 9.18 Å². The minimum absolute atomic E-state index is 0.205. The molecule has 4 aromatic rings. The van der Waals surface area contributed by atoms with E-state index in [1.807, 2.05) is 60.7 Å². The molecule has 5 heteroatoms. The van der Waals surface area contributed by atoms with E-state index in [9.17, 15) is 9.18 Å². The number of para-hydroxylation sites is 2. The van der Waals surface area contributed by atoms with Crippen LogP contribution in [0.3, 0.4) is 0 Å². The van der Waals surface area contributed by atoms with E-state index >= 15 is 0 Å². The lowest BCUT2D eigenvalue weighted by molar-refractivity contribution is 0.102. The summed E-state index contributed by atoms with van der Waals surface area (Å²) in [5.74, 6) is -0.510. The Balaban J connectivity index is 1.55. The summed E-state index contributed by atoms with van der Waals surface area (Å²) in [6.07, 6.45) is 3.37. The van der Waals surface area contributed by atoms with Crippen molar-refractivity contribution in [1.82, 2.24) is 4.98 Å². The van der Waals surface area contributed by atoms with E-state index in [4.69, 9.17) is 0 Å². The highest BCUT2D eigenvalue weighted by molar-refractivity contribution is 6.10. The maximum absolute atomic E-state index is 13.4. The largest absolute Gasteiger partial charge is 0.383 e. The number of aryl methyl sites for hydroxylation is 1. The molecule has 0 fully saturated rings.